The summed E-state index contributed by atoms with van der Waals surface area (Å²) in [5, 5.41) is 6.74. The molecule has 144 valence electrons. The molecule has 1 saturated carbocycles. The monoisotopic (exact) mass is 373 g/mol. The van der Waals surface area contributed by atoms with Crippen LogP contribution < -0.4 is 10.1 Å². The van der Waals surface area contributed by atoms with Crippen LogP contribution in [0.1, 0.15) is 65.4 Å². The van der Waals surface area contributed by atoms with Crippen LogP contribution in [-0.2, 0) is 11.3 Å². The summed E-state index contributed by atoms with van der Waals surface area (Å²) in [5.74, 6) is 0.000907. The first-order chi connectivity index (χ1) is 13.2. The highest BCUT2D eigenvalue weighted by Gasteiger charge is 2.20. The molecule has 1 aromatic heterocycles. The number of aromatic nitrogens is 2. The summed E-state index contributed by atoms with van der Waals surface area (Å²) in [6.07, 6.45) is 6.66. The van der Waals surface area contributed by atoms with Gasteiger partial charge in [0.2, 0.25) is 5.82 Å². The normalized spacial score (nSPS) is 15.0. The van der Waals surface area contributed by atoms with Crippen molar-refractivity contribution in [3.63, 3.8) is 0 Å². The van der Waals surface area contributed by atoms with E-state index in [0.29, 0.717) is 11.3 Å². The Labute approximate surface area is 157 Å². The van der Waals surface area contributed by atoms with Crippen molar-refractivity contribution in [1.82, 2.24) is 15.5 Å². The van der Waals surface area contributed by atoms with Crippen molar-refractivity contribution in [1.29, 1.82) is 0 Å². The van der Waals surface area contributed by atoms with Gasteiger partial charge < -0.3 is 19.3 Å². The average molecular weight is 373 g/mol. The Balaban J connectivity index is 1.51. The van der Waals surface area contributed by atoms with E-state index in [2.05, 4.69) is 20.2 Å². The predicted molar refractivity (Wildman–Crippen MR) is 95.4 cm³/mol. The van der Waals surface area contributed by atoms with Crippen molar-refractivity contribution in [3.05, 3.63) is 41.5 Å². The van der Waals surface area contributed by atoms with Crippen molar-refractivity contribution >= 4 is 11.9 Å². The maximum Gasteiger partial charge on any atom is 0.337 e. The molecule has 0 radical (unpaired) electrons. The van der Waals surface area contributed by atoms with Gasteiger partial charge in [-0.25, -0.2) is 4.79 Å². The molecule has 1 heterocycles. The Morgan fingerprint density at radius 2 is 1.85 bits per heavy atom. The van der Waals surface area contributed by atoms with Gasteiger partial charge in [-0.05, 0) is 37.1 Å². The molecule has 0 saturated heterocycles. The van der Waals surface area contributed by atoms with Gasteiger partial charge >= 0.3 is 17.8 Å². The predicted octanol–water partition coefficient (Wildman–Crippen LogP) is 2.89. The molecular formula is C19H23N3O5. The standard InChI is InChI=1S/C19H23N3O5/c1-25-19(24)13-8-10-15(11-9-13)26-12-16-21-18(27-22-16)17(23)20-14-6-4-2-3-5-7-14/h8-11,14H,2-7,12H2,1H3,(H,20,23). The molecule has 8 heteroatoms. The maximum atomic E-state index is 12.3. The van der Waals surface area contributed by atoms with Crippen LogP contribution in [0, 0.1) is 0 Å². The maximum absolute atomic E-state index is 12.3. The Kier molecular flexibility index (Phi) is 6.40. The van der Waals surface area contributed by atoms with Crippen molar-refractivity contribution < 1.29 is 23.6 Å². The van der Waals surface area contributed by atoms with Crippen LogP contribution in [0.4, 0.5) is 0 Å². The first-order valence-electron chi connectivity index (χ1n) is 9.10. The molecule has 2 aromatic rings. The van der Waals surface area contributed by atoms with E-state index >= 15 is 0 Å². The molecule has 3 rings (SSSR count). The highest BCUT2D eigenvalue weighted by Crippen LogP contribution is 2.18. The topological polar surface area (TPSA) is 104 Å². The quantitative estimate of drug-likeness (QED) is 0.613. The van der Waals surface area contributed by atoms with Crippen LogP contribution in [0.3, 0.4) is 0 Å². The number of rotatable bonds is 6. The highest BCUT2D eigenvalue weighted by atomic mass is 16.5. The molecule has 1 aliphatic rings. The summed E-state index contributed by atoms with van der Waals surface area (Å²) in [6, 6.07) is 6.66. The molecular weight excluding hydrogens is 350 g/mol. The molecule has 1 amide bonds. The molecule has 27 heavy (non-hydrogen) atoms. The number of methoxy groups -OCH3 is 1. The Morgan fingerprint density at radius 3 is 2.52 bits per heavy atom. The Hall–Kier alpha value is -2.90. The number of ether oxygens (including phenoxy) is 2. The fourth-order valence-electron chi connectivity index (χ4n) is 3.03. The average Bonchev–Trinajstić information content (AvgIpc) is 3.03. The third-order valence-electron chi connectivity index (χ3n) is 4.50. The van der Waals surface area contributed by atoms with Gasteiger partial charge in [-0.3, -0.25) is 4.79 Å². The molecule has 0 spiro atoms. The molecule has 0 aliphatic heterocycles. The molecule has 0 atom stereocenters. The second kappa shape index (κ2) is 9.16. The van der Waals surface area contributed by atoms with Crippen molar-refractivity contribution in [2.75, 3.05) is 7.11 Å². The van der Waals surface area contributed by atoms with Crippen LogP contribution in [0.25, 0.3) is 0 Å². The van der Waals surface area contributed by atoms with Gasteiger partial charge in [0.25, 0.3) is 0 Å². The van der Waals surface area contributed by atoms with Gasteiger partial charge in [-0.2, -0.15) is 4.98 Å². The van der Waals surface area contributed by atoms with Crippen molar-refractivity contribution in [3.8, 4) is 5.75 Å². The van der Waals surface area contributed by atoms with E-state index in [0.717, 1.165) is 25.7 Å². The van der Waals surface area contributed by atoms with Crippen LogP contribution in [0.5, 0.6) is 5.75 Å². The minimum absolute atomic E-state index is 0.0534. The van der Waals surface area contributed by atoms with Crippen LogP contribution in [0.2, 0.25) is 0 Å². The SMILES string of the molecule is COC(=O)c1ccc(OCc2noc(C(=O)NC3CCCCCC3)n2)cc1. The zero-order valence-corrected chi connectivity index (χ0v) is 15.3. The second-order valence-electron chi connectivity index (χ2n) is 6.48. The summed E-state index contributed by atoms with van der Waals surface area (Å²) >= 11 is 0. The molecule has 1 aliphatic carbocycles. The summed E-state index contributed by atoms with van der Waals surface area (Å²) in [7, 11) is 1.33. The third-order valence-corrected chi connectivity index (χ3v) is 4.50. The molecule has 1 N–H and O–H groups in total. The Bertz CT molecular complexity index is 764. The van der Waals surface area contributed by atoms with Gasteiger partial charge in [-0.15, -0.1) is 0 Å². The van der Waals surface area contributed by atoms with Gasteiger partial charge in [0.1, 0.15) is 5.75 Å². The molecule has 0 unspecified atom stereocenters. The number of amides is 1. The molecule has 0 bridgehead atoms. The fraction of sp³-hybridized carbons (Fsp3) is 0.474. The van der Waals surface area contributed by atoms with Gasteiger partial charge in [-0.1, -0.05) is 30.8 Å². The number of carbonyl (C=O) groups is 2. The number of hydrogen-bond acceptors (Lipinski definition) is 7. The smallest absolute Gasteiger partial charge is 0.337 e. The molecule has 8 nitrogen and oxygen atoms in total. The van der Waals surface area contributed by atoms with E-state index < -0.39 is 5.97 Å². The first kappa shape index (κ1) is 18.9. The zero-order chi connectivity index (χ0) is 19.1. The number of benzene rings is 1. The second-order valence-corrected chi connectivity index (χ2v) is 6.48. The third kappa shape index (κ3) is 5.29. The number of nitrogens with one attached hydrogen (secondary N) is 1. The number of carbonyl (C=O) groups excluding carboxylic acids is 2. The van der Waals surface area contributed by atoms with Crippen molar-refractivity contribution in [2.24, 2.45) is 0 Å². The van der Waals surface area contributed by atoms with Gasteiger partial charge in [0, 0.05) is 6.04 Å². The minimum Gasteiger partial charge on any atom is -0.485 e. The minimum atomic E-state index is -0.413. The number of nitrogens with zero attached hydrogens (tertiary/aromatic N) is 2. The van der Waals surface area contributed by atoms with E-state index in [1.54, 1.807) is 24.3 Å². The fourth-order valence-corrected chi connectivity index (χ4v) is 3.03. The summed E-state index contributed by atoms with van der Waals surface area (Å²) in [5.41, 5.74) is 0.432. The van der Waals surface area contributed by atoms with Crippen LogP contribution >= 0.6 is 0 Å². The lowest BCUT2D eigenvalue weighted by atomic mass is 10.1. The number of hydrogen-bond donors (Lipinski definition) is 1. The first-order valence-corrected chi connectivity index (χ1v) is 9.10. The zero-order valence-electron chi connectivity index (χ0n) is 15.3. The lowest BCUT2D eigenvalue weighted by Gasteiger charge is -2.14. The van der Waals surface area contributed by atoms with Crippen molar-refractivity contribution in [2.45, 2.75) is 51.2 Å². The summed E-state index contributed by atoms with van der Waals surface area (Å²) < 4.78 is 15.2. The van der Waals surface area contributed by atoms with E-state index in [4.69, 9.17) is 9.26 Å². The van der Waals surface area contributed by atoms with E-state index in [-0.39, 0.29) is 30.3 Å². The molecule has 1 aromatic carbocycles. The lowest BCUT2D eigenvalue weighted by molar-refractivity contribution is 0.0600. The largest absolute Gasteiger partial charge is 0.485 e. The van der Waals surface area contributed by atoms with E-state index in [1.807, 2.05) is 0 Å². The summed E-state index contributed by atoms with van der Waals surface area (Å²) in [4.78, 5) is 27.7. The van der Waals surface area contributed by atoms with Crippen LogP contribution in [-0.4, -0.2) is 35.2 Å². The lowest BCUT2D eigenvalue weighted by Crippen LogP contribution is -2.34. The highest BCUT2D eigenvalue weighted by molar-refractivity contribution is 5.90. The van der Waals surface area contributed by atoms with E-state index in [9.17, 15) is 9.59 Å². The molecule has 1 fully saturated rings. The van der Waals surface area contributed by atoms with Crippen LogP contribution in [0.15, 0.2) is 28.8 Å². The number of esters is 1. The van der Waals surface area contributed by atoms with Gasteiger partial charge in [0.15, 0.2) is 6.61 Å². The van der Waals surface area contributed by atoms with E-state index in [1.165, 1.54) is 20.0 Å². The van der Waals surface area contributed by atoms with Gasteiger partial charge in [0.05, 0.1) is 12.7 Å². The Morgan fingerprint density at radius 1 is 1.15 bits per heavy atom. The summed E-state index contributed by atoms with van der Waals surface area (Å²) in [6.45, 7) is 0.0534.